The summed E-state index contributed by atoms with van der Waals surface area (Å²) in [5, 5.41) is 0. The largest absolute Gasteiger partial charge is 0.481 e. The molecule has 1 heterocycles. The average molecular weight is 323 g/mol. The van der Waals surface area contributed by atoms with Crippen LogP contribution < -0.4 is 4.74 Å². The number of hydrogen-bond acceptors (Lipinski definition) is 4. The minimum absolute atomic E-state index is 0.0971. The number of ether oxygens (including phenoxy) is 2. The van der Waals surface area contributed by atoms with Crippen LogP contribution in [0.5, 0.6) is 5.75 Å². The van der Waals surface area contributed by atoms with Crippen molar-refractivity contribution >= 4 is 11.9 Å². The summed E-state index contributed by atoms with van der Waals surface area (Å²) in [6, 6.07) is 5.62. The molecule has 6 heteroatoms. The van der Waals surface area contributed by atoms with E-state index >= 15 is 0 Å². The molecular weight excluding hydrogens is 301 g/mol. The molecule has 0 spiro atoms. The van der Waals surface area contributed by atoms with Gasteiger partial charge in [-0.1, -0.05) is 6.92 Å². The highest BCUT2D eigenvalue weighted by molar-refractivity contribution is 5.81. The SMILES string of the molecule is CC[C@@H](Oc1ccc(F)cc1)C(=O)N1CCC(C(=O)OC)CC1. The molecule has 23 heavy (non-hydrogen) atoms. The predicted molar refractivity (Wildman–Crippen MR) is 82.4 cm³/mol. The van der Waals surface area contributed by atoms with Crippen molar-refractivity contribution in [3.8, 4) is 5.75 Å². The smallest absolute Gasteiger partial charge is 0.308 e. The Morgan fingerprint density at radius 2 is 1.87 bits per heavy atom. The number of nitrogens with zero attached hydrogens (tertiary/aromatic N) is 1. The van der Waals surface area contributed by atoms with Crippen molar-refractivity contribution in [1.29, 1.82) is 0 Å². The number of methoxy groups -OCH3 is 1. The molecule has 0 bridgehead atoms. The van der Waals surface area contributed by atoms with E-state index in [1.54, 1.807) is 4.90 Å². The van der Waals surface area contributed by atoms with Crippen molar-refractivity contribution < 1.29 is 23.5 Å². The summed E-state index contributed by atoms with van der Waals surface area (Å²) < 4.78 is 23.3. The fraction of sp³-hybridized carbons (Fsp3) is 0.529. The number of piperidine rings is 1. The second-order valence-corrected chi connectivity index (χ2v) is 5.59. The zero-order valence-electron chi connectivity index (χ0n) is 13.5. The highest BCUT2D eigenvalue weighted by Crippen LogP contribution is 2.21. The minimum Gasteiger partial charge on any atom is -0.481 e. The Labute approximate surface area is 135 Å². The number of amides is 1. The van der Waals surface area contributed by atoms with E-state index in [-0.39, 0.29) is 23.6 Å². The van der Waals surface area contributed by atoms with Gasteiger partial charge in [0.05, 0.1) is 13.0 Å². The lowest BCUT2D eigenvalue weighted by molar-refractivity contribution is -0.150. The number of hydrogen-bond donors (Lipinski definition) is 0. The Kier molecular flexibility index (Phi) is 5.96. The molecule has 5 nitrogen and oxygen atoms in total. The van der Waals surface area contributed by atoms with Crippen molar-refractivity contribution in [2.24, 2.45) is 5.92 Å². The van der Waals surface area contributed by atoms with Crippen LogP contribution in [0.1, 0.15) is 26.2 Å². The van der Waals surface area contributed by atoms with Crippen molar-refractivity contribution in [2.45, 2.75) is 32.3 Å². The topological polar surface area (TPSA) is 55.8 Å². The van der Waals surface area contributed by atoms with Crippen LogP contribution >= 0.6 is 0 Å². The molecule has 0 saturated carbocycles. The van der Waals surface area contributed by atoms with Gasteiger partial charge < -0.3 is 14.4 Å². The van der Waals surface area contributed by atoms with Crippen LogP contribution in [0.25, 0.3) is 0 Å². The molecular formula is C17H22FNO4. The van der Waals surface area contributed by atoms with E-state index in [1.807, 2.05) is 6.92 Å². The quantitative estimate of drug-likeness (QED) is 0.781. The molecule has 0 aromatic heterocycles. The second kappa shape index (κ2) is 7.94. The summed E-state index contributed by atoms with van der Waals surface area (Å²) in [6.45, 7) is 2.90. The van der Waals surface area contributed by atoms with Crippen molar-refractivity contribution in [3.63, 3.8) is 0 Å². The monoisotopic (exact) mass is 323 g/mol. The van der Waals surface area contributed by atoms with Gasteiger partial charge in [0.15, 0.2) is 6.10 Å². The molecule has 1 aliphatic heterocycles. The maximum absolute atomic E-state index is 12.9. The highest BCUT2D eigenvalue weighted by atomic mass is 19.1. The minimum atomic E-state index is -0.602. The van der Waals surface area contributed by atoms with E-state index in [4.69, 9.17) is 9.47 Å². The van der Waals surface area contributed by atoms with E-state index in [0.717, 1.165) is 0 Å². The number of rotatable bonds is 5. The molecule has 2 rings (SSSR count). The first-order valence-corrected chi connectivity index (χ1v) is 7.84. The van der Waals surface area contributed by atoms with E-state index in [1.165, 1.54) is 31.4 Å². The van der Waals surface area contributed by atoms with Gasteiger partial charge >= 0.3 is 5.97 Å². The first-order chi connectivity index (χ1) is 11.0. The summed E-state index contributed by atoms with van der Waals surface area (Å²) in [7, 11) is 1.38. The number of benzene rings is 1. The fourth-order valence-electron chi connectivity index (χ4n) is 2.69. The zero-order valence-corrected chi connectivity index (χ0v) is 13.5. The lowest BCUT2D eigenvalue weighted by Crippen LogP contribution is -2.46. The maximum atomic E-state index is 12.9. The molecule has 1 amide bonds. The number of esters is 1. The molecule has 1 atom stereocenters. The molecule has 0 N–H and O–H groups in total. The van der Waals surface area contributed by atoms with Crippen LogP contribution in [-0.4, -0.2) is 43.1 Å². The molecule has 1 saturated heterocycles. The van der Waals surface area contributed by atoms with Crippen LogP contribution in [0.15, 0.2) is 24.3 Å². The molecule has 1 fully saturated rings. The van der Waals surface area contributed by atoms with Gasteiger partial charge in [-0.25, -0.2) is 4.39 Å². The van der Waals surface area contributed by atoms with Gasteiger partial charge in [-0.2, -0.15) is 0 Å². The Balaban J connectivity index is 1.92. The van der Waals surface area contributed by atoms with Gasteiger partial charge in [0.25, 0.3) is 5.91 Å². The van der Waals surface area contributed by atoms with Gasteiger partial charge in [0.1, 0.15) is 11.6 Å². The van der Waals surface area contributed by atoms with Gasteiger partial charge in [0, 0.05) is 13.1 Å². The molecule has 0 unspecified atom stereocenters. The standard InChI is InChI=1S/C17H22FNO4/c1-3-15(23-14-6-4-13(18)5-7-14)16(20)19-10-8-12(9-11-19)17(21)22-2/h4-7,12,15H,3,8-11H2,1-2H3/t15-/m1/s1. The Hall–Kier alpha value is -2.11. The lowest BCUT2D eigenvalue weighted by Gasteiger charge is -2.33. The number of halogens is 1. The van der Waals surface area contributed by atoms with E-state index in [2.05, 4.69) is 0 Å². The van der Waals surface area contributed by atoms with Gasteiger partial charge in [-0.05, 0) is 43.5 Å². The normalized spacial score (nSPS) is 16.7. The number of carbonyl (C=O) groups is 2. The third-order valence-electron chi connectivity index (χ3n) is 4.08. The van der Waals surface area contributed by atoms with Crippen LogP contribution in [0.3, 0.4) is 0 Å². The second-order valence-electron chi connectivity index (χ2n) is 5.59. The molecule has 0 radical (unpaired) electrons. The van der Waals surface area contributed by atoms with Gasteiger partial charge in [-0.3, -0.25) is 9.59 Å². The third-order valence-corrected chi connectivity index (χ3v) is 4.08. The lowest BCUT2D eigenvalue weighted by atomic mass is 9.96. The summed E-state index contributed by atoms with van der Waals surface area (Å²) in [5.41, 5.74) is 0. The first-order valence-electron chi connectivity index (χ1n) is 7.84. The Morgan fingerprint density at radius 3 is 2.39 bits per heavy atom. The van der Waals surface area contributed by atoms with Crippen molar-refractivity contribution in [3.05, 3.63) is 30.1 Å². The van der Waals surface area contributed by atoms with Crippen LogP contribution in [0, 0.1) is 11.7 Å². The van der Waals surface area contributed by atoms with Crippen LogP contribution in [-0.2, 0) is 14.3 Å². The van der Waals surface area contributed by atoms with Crippen molar-refractivity contribution in [1.82, 2.24) is 4.90 Å². The first kappa shape index (κ1) is 17.2. The summed E-state index contributed by atoms with van der Waals surface area (Å²) in [5.74, 6) is -0.327. The van der Waals surface area contributed by atoms with Gasteiger partial charge in [-0.15, -0.1) is 0 Å². The molecule has 126 valence electrons. The molecule has 1 aromatic carbocycles. The molecule has 0 aliphatic carbocycles. The summed E-state index contributed by atoms with van der Waals surface area (Å²) >= 11 is 0. The van der Waals surface area contributed by atoms with Crippen LogP contribution in [0.2, 0.25) is 0 Å². The summed E-state index contributed by atoms with van der Waals surface area (Å²) in [4.78, 5) is 25.8. The van der Waals surface area contributed by atoms with E-state index in [9.17, 15) is 14.0 Å². The average Bonchev–Trinajstić information content (AvgIpc) is 2.60. The van der Waals surface area contributed by atoms with E-state index < -0.39 is 6.10 Å². The maximum Gasteiger partial charge on any atom is 0.308 e. The Bertz CT molecular complexity index is 538. The number of likely N-dealkylation sites (tertiary alicyclic amines) is 1. The van der Waals surface area contributed by atoms with Gasteiger partial charge in [0.2, 0.25) is 0 Å². The highest BCUT2D eigenvalue weighted by Gasteiger charge is 2.31. The Morgan fingerprint density at radius 1 is 1.26 bits per heavy atom. The molecule has 1 aliphatic rings. The summed E-state index contributed by atoms with van der Waals surface area (Å²) in [6.07, 6.45) is 1.12. The predicted octanol–water partition coefficient (Wildman–Crippen LogP) is 2.39. The van der Waals surface area contributed by atoms with E-state index in [0.29, 0.717) is 38.1 Å². The van der Waals surface area contributed by atoms with Crippen molar-refractivity contribution in [2.75, 3.05) is 20.2 Å². The third kappa shape index (κ3) is 4.43. The molecule has 1 aromatic rings. The zero-order chi connectivity index (χ0) is 16.8. The fourth-order valence-corrected chi connectivity index (χ4v) is 2.69. The van der Waals surface area contributed by atoms with Crippen LogP contribution in [0.4, 0.5) is 4.39 Å². The number of carbonyl (C=O) groups excluding carboxylic acids is 2.